The second kappa shape index (κ2) is 6.45. The molecule has 0 aliphatic carbocycles. The highest BCUT2D eigenvalue weighted by molar-refractivity contribution is 7.13. The molecule has 21 heavy (non-hydrogen) atoms. The summed E-state index contributed by atoms with van der Waals surface area (Å²) in [6.45, 7) is 6.45. The maximum Gasteiger partial charge on any atom is 0.329 e. The van der Waals surface area contributed by atoms with Gasteiger partial charge in [0.05, 0.1) is 5.69 Å². The Morgan fingerprint density at radius 1 is 1.33 bits per heavy atom. The quantitative estimate of drug-likeness (QED) is 0.762. The molecule has 5 heteroatoms. The van der Waals surface area contributed by atoms with Gasteiger partial charge < -0.3 is 4.74 Å². The number of hydrogen-bond donors (Lipinski definition) is 0. The standard InChI is InChI=1S/C16H18FNO2S/c1-4-20-9-14(19)16(2,3)13-10-21-15(18-13)11-5-7-12(17)8-6-11/h5-8,10H,4,9H2,1-3H3/p+1. The Morgan fingerprint density at radius 3 is 2.62 bits per heavy atom. The molecular formula is C16H19FNO2S+. The van der Waals surface area contributed by atoms with Crippen LogP contribution >= 0.6 is 11.3 Å². The van der Waals surface area contributed by atoms with Gasteiger partial charge in [0.1, 0.15) is 16.2 Å². The summed E-state index contributed by atoms with van der Waals surface area (Å²) in [6, 6.07) is 6.24. The lowest BCUT2D eigenvalue weighted by atomic mass is 9.85. The molecule has 1 heterocycles. The fourth-order valence-corrected chi connectivity index (χ4v) is 2.81. The molecule has 0 fully saturated rings. The van der Waals surface area contributed by atoms with Crippen LogP contribution in [0.1, 0.15) is 26.5 Å². The van der Waals surface area contributed by atoms with Crippen molar-refractivity contribution in [2.75, 3.05) is 13.2 Å². The van der Waals surface area contributed by atoms with E-state index in [1.165, 1.54) is 23.5 Å². The second-order valence-corrected chi connectivity index (χ2v) is 6.11. The number of aromatic nitrogens is 1. The summed E-state index contributed by atoms with van der Waals surface area (Å²) in [4.78, 5) is 14.8. The Labute approximate surface area is 127 Å². The van der Waals surface area contributed by atoms with Gasteiger partial charge in [-0.3, -0.25) is 4.79 Å². The van der Waals surface area contributed by atoms with Crippen LogP contribution in [0.3, 0.4) is 0 Å². The summed E-state index contributed by atoms with van der Waals surface area (Å²) in [6.07, 6.45) is 0. The van der Waals surface area contributed by atoms with Gasteiger partial charge in [0.2, 0.25) is 0 Å². The minimum absolute atomic E-state index is 0.201. The van der Waals surface area contributed by atoms with Gasteiger partial charge in [-0.1, -0.05) is 0 Å². The number of rotatable bonds is 6. The van der Waals surface area contributed by atoms with E-state index in [1.54, 1.807) is 12.1 Å². The molecule has 112 valence electrons. The third kappa shape index (κ3) is 3.54. The smallest absolute Gasteiger partial charge is 0.329 e. The second-order valence-electron chi connectivity index (χ2n) is 5.25. The van der Waals surface area contributed by atoms with Crippen LogP contribution < -0.4 is 0 Å². The van der Waals surface area contributed by atoms with Crippen molar-refractivity contribution in [1.82, 2.24) is 4.98 Å². The van der Waals surface area contributed by atoms with Gasteiger partial charge >= 0.3 is 5.78 Å². The molecule has 3 nitrogen and oxygen atoms in total. The molecule has 2 rings (SSSR count). The van der Waals surface area contributed by atoms with Crippen molar-refractivity contribution in [1.29, 1.82) is 0 Å². The Hall–Kier alpha value is -1.59. The van der Waals surface area contributed by atoms with Gasteiger partial charge in [0, 0.05) is 17.6 Å². The Morgan fingerprint density at radius 2 is 2.00 bits per heavy atom. The molecule has 0 saturated carbocycles. The highest BCUT2D eigenvalue weighted by atomic mass is 32.1. The molecule has 0 spiro atoms. The first-order chi connectivity index (χ1) is 9.95. The van der Waals surface area contributed by atoms with E-state index in [1.807, 2.05) is 26.2 Å². The van der Waals surface area contributed by atoms with Crippen molar-refractivity contribution < 1.29 is 13.9 Å². The topological polar surface area (TPSA) is 43.5 Å². The monoisotopic (exact) mass is 308 g/mol. The van der Waals surface area contributed by atoms with Crippen LogP contribution in [0.2, 0.25) is 0 Å². The number of carbonyl (C=O) groups excluding carboxylic acids is 1. The normalized spacial score (nSPS) is 11.6. The van der Waals surface area contributed by atoms with Crippen molar-refractivity contribution in [3.8, 4) is 10.6 Å². The number of halogens is 1. The number of nitrogens with zero attached hydrogens (tertiary/aromatic N) is 1. The summed E-state index contributed by atoms with van der Waals surface area (Å²) < 4.78 is 18.2. The van der Waals surface area contributed by atoms with Crippen LogP contribution in [0.15, 0.2) is 29.6 Å². The highest BCUT2D eigenvalue weighted by Gasteiger charge is 2.37. The number of hydrogen-bond acceptors (Lipinski definition) is 3. The molecule has 0 aliphatic heterocycles. The Balaban J connectivity index is 2.22. The minimum Gasteiger partial charge on any atom is -0.368 e. The molecule has 1 aromatic heterocycles. The van der Waals surface area contributed by atoms with E-state index in [2.05, 4.69) is 4.98 Å². The summed E-state index contributed by atoms with van der Waals surface area (Å²) in [5.41, 5.74) is 1.07. The molecule has 0 unspecified atom stereocenters. The molecule has 0 amide bonds. The maximum atomic E-state index is 13.0. The molecule has 1 N–H and O–H groups in total. The van der Waals surface area contributed by atoms with E-state index >= 15 is 0 Å². The minimum atomic E-state index is -0.579. The lowest BCUT2D eigenvalue weighted by molar-refractivity contribution is 0.178. The first kappa shape index (κ1) is 15.8. The molecule has 0 bridgehead atoms. The zero-order chi connectivity index (χ0) is 15.5. The lowest BCUT2D eigenvalue weighted by Crippen LogP contribution is -2.33. The zero-order valence-corrected chi connectivity index (χ0v) is 13.2. The van der Waals surface area contributed by atoms with Crippen molar-refractivity contribution in [3.63, 3.8) is 0 Å². The number of thiazole rings is 1. The molecule has 2 aromatic rings. The summed E-state index contributed by atoms with van der Waals surface area (Å²) in [7, 11) is 0. The van der Waals surface area contributed by atoms with Crippen LogP contribution in [0, 0.1) is 5.82 Å². The van der Waals surface area contributed by atoms with Crippen molar-refractivity contribution in [2.24, 2.45) is 0 Å². The van der Waals surface area contributed by atoms with Gasteiger partial charge in [-0.25, -0.2) is 9.37 Å². The van der Waals surface area contributed by atoms with Crippen LogP contribution in [0.5, 0.6) is 0 Å². The predicted octanol–water partition coefficient (Wildman–Crippen LogP) is 3.81. The van der Waals surface area contributed by atoms with Crippen molar-refractivity contribution in [2.45, 2.75) is 26.2 Å². The van der Waals surface area contributed by atoms with E-state index in [4.69, 9.17) is 4.74 Å². The van der Waals surface area contributed by atoms with E-state index < -0.39 is 5.41 Å². The van der Waals surface area contributed by atoms with E-state index in [0.717, 1.165) is 16.3 Å². The number of ether oxygens (including phenoxy) is 1. The van der Waals surface area contributed by atoms with E-state index in [-0.39, 0.29) is 18.2 Å². The van der Waals surface area contributed by atoms with Crippen LogP contribution in [0.25, 0.3) is 10.6 Å². The molecule has 0 radical (unpaired) electrons. The third-order valence-corrected chi connectivity index (χ3v) is 4.29. The van der Waals surface area contributed by atoms with Gasteiger partial charge in [-0.15, -0.1) is 11.3 Å². The van der Waals surface area contributed by atoms with Gasteiger partial charge in [-0.05, 0) is 45.0 Å². The first-order valence-electron chi connectivity index (χ1n) is 6.80. The number of benzene rings is 1. The Bertz CT molecular complexity index is 619. The number of ketones is 1. The predicted molar refractivity (Wildman–Crippen MR) is 84.0 cm³/mol. The largest absolute Gasteiger partial charge is 0.368 e. The van der Waals surface area contributed by atoms with Gasteiger partial charge in [-0.2, -0.15) is 0 Å². The van der Waals surface area contributed by atoms with Crippen molar-refractivity contribution >= 4 is 17.1 Å². The average molecular weight is 308 g/mol. The fraction of sp³-hybridized carbons (Fsp3) is 0.375. The highest BCUT2D eigenvalue weighted by Crippen LogP contribution is 2.30. The molecule has 0 saturated heterocycles. The van der Waals surface area contributed by atoms with Crippen molar-refractivity contribution in [3.05, 3.63) is 41.2 Å². The summed E-state index contributed by atoms with van der Waals surface area (Å²) >= 11 is 1.48. The van der Waals surface area contributed by atoms with Gasteiger partial charge in [0.15, 0.2) is 6.61 Å². The fourth-order valence-electron chi connectivity index (χ4n) is 1.81. The SMILES string of the molecule is CCOCC(=[OH+])C(C)(C)c1csc(-c2ccc(F)cc2)n1. The van der Waals surface area contributed by atoms with Crippen LogP contribution in [-0.4, -0.2) is 28.8 Å². The van der Waals surface area contributed by atoms with Crippen LogP contribution in [-0.2, 0) is 10.2 Å². The summed E-state index contributed by atoms with van der Waals surface area (Å²) in [5.74, 6) is -0.0149. The molecule has 0 atom stereocenters. The third-order valence-electron chi connectivity index (χ3n) is 3.40. The average Bonchev–Trinajstić information content (AvgIpc) is 2.96. The maximum absolute atomic E-state index is 13.0. The van der Waals surface area contributed by atoms with E-state index in [0.29, 0.717) is 6.61 Å². The van der Waals surface area contributed by atoms with Crippen LogP contribution in [0.4, 0.5) is 4.39 Å². The van der Waals surface area contributed by atoms with Gasteiger partial charge in [0.25, 0.3) is 0 Å². The summed E-state index contributed by atoms with van der Waals surface area (Å²) in [5, 5.41) is 2.73. The molecule has 1 aromatic carbocycles. The molecule has 0 aliphatic rings. The first-order valence-corrected chi connectivity index (χ1v) is 7.68. The Kier molecular flexibility index (Phi) is 4.85. The molecular weight excluding hydrogens is 289 g/mol. The van der Waals surface area contributed by atoms with E-state index in [9.17, 15) is 9.18 Å². The lowest BCUT2D eigenvalue weighted by Gasteiger charge is -2.15. The zero-order valence-electron chi connectivity index (χ0n) is 12.4.